The molecule has 0 saturated carbocycles. The van der Waals surface area contributed by atoms with Crippen molar-refractivity contribution in [3.63, 3.8) is 0 Å². The standard InChI is InChI=1S/C21H17NO3/c22-19-13-16(10-11-18(19)21(24)25)20(23)17-9-5-4-8-15(17)12-14-6-2-1-3-7-14/h1-11,13H,12,22H2,(H,24,25). The van der Waals surface area contributed by atoms with Crippen LogP contribution in [-0.4, -0.2) is 16.9 Å². The first-order chi connectivity index (χ1) is 12.1. The van der Waals surface area contributed by atoms with Crippen LogP contribution in [0.4, 0.5) is 5.69 Å². The number of nitrogens with two attached hydrogens (primary N) is 1. The van der Waals surface area contributed by atoms with Gasteiger partial charge in [-0.2, -0.15) is 0 Å². The number of carbonyl (C=O) groups excluding carboxylic acids is 1. The minimum absolute atomic E-state index is 0.00544. The van der Waals surface area contributed by atoms with Gasteiger partial charge in [0.25, 0.3) is 0 Å². The summed E-state index contributed by atoms with van der Waals surface area (Å²) < 4.78 is 0. The molecule has 3 aromatic rings. The van der Waals surface area contributed by atoms with Crippen LogP contribution in [0.5, 0.6) is 0 Å². The van der Waals surface area contributed by atoms with E-state index in [4.69, 9.17) is 10.8 Å². The van der Waals surface area contributed by atoms with Crippen molar-refractivity contribution in [3.8, 4) is 0 Å². The van der Waals surface area contributed by atoms with Crippen molar-refractivity contribution in [2.45, 2.75) is 6.42 Å². The van der Waals surface area contributed by atoms with Crippen LogP contribution in [0, 0.1) is 0 Å². The number of anilines is 1. The highest BCUT2D eigenvalue weighted by Gasteiger charge is 2.16. The molecule has 0 aliphatic heterocycles. The number of nitrogen functional groups attached to an aromatic ring is 1. The lowest BCUT2D eigenvalue weighted by molar-refractivity contribution is 0.0697. The van der Waals surface area contributed by atoms with Crippen molar-refractivity contribution < 1.29 is 14.7 Å². The molecule has 4 heteroatoms. The fourth-order valence-corrected chi connectivity index (χ4v) is 2.77. The third-order valence-electron chi connectivity index (χ3n) is 4.04. The van der Waals surface area contributed by atoms with Gasteiger partial charge in [-0.25, -0.2) is 4.79 Å². The quantitative estimate of drug-likeness (QED) is 0.550. The zero-order valence-corrected chi connectivity index (χ0v) is 13.5. The van der Waals surface area contributed by atoms with E-state index in [2.05, 4.69) is 0 Å². The molecule has 0 radical (unpaired) electrons. The number of carbonyl (C=O) groups is 2. The molecule has 0 bridgehead atoms. The van der Waals surface area contributed by atoms with Crippen LogP contribution in [0.25, 0.3) is 0 Å². The monoisotopic (exact) mass is 331 g/mol. The summed E-state index contributed by atoms with van der Waals surface area (Å²) in [6.45, 7) is 0. The van der Waals surface area contributed by atoms with Crippen molar-refractivity contribution in [1.29, 1.82) is 0 Å². The minimum Gasteiger partial charge on any atom is -0.478 e. The Kier molecular flexibility index (Phi) is 4.61. The van der Waals surface area contributed by atoms with E-state index in [1.54, 1.807) is 6.07 Å². The van der Waals surface area contributed by atoms with Gasteiger partial charge in [-0.3, -0.25) is 4.79 Å². The normalized spacial score (nSPS) is 10.4. The molecule has 0 spiro atoms. The fourth-order valence-electron chi connectivity index (χ4n) is 2.77. The second-order valence-electron chi connectivity index (χ2n) is 5.76. The highest BCUT2D eigenvalue weighted by molar-refractivity contribution is 6.11. The van der Waals surface area contributed by atoms with Gasteiger partial charge in [-0.1, -0.05) is 60.7 Å². The van der Waals surface area contributed by atoms with Crippen LogP contribution >= 0.6 is 0 Å². The molecule has 0 fully saturated rings. The van der Waals surface area contributed by atoms with Crippen molar-refractivity contribution in [3.05, 3.63) is 101 Å². The maximum absolute atomic E-state index is 12.9. The van der Waals surface area contributed by atoms with E-state index in [-0.39, 0.29) is 17.0 Å². The van der Waals surface area contributed by atoms with Crippen molar-refractivity contribution in [2.75, 3.05) is 5.73 Å². The number of carboxylic acid groups (broad SMARTS) is 1. The lowest BCUT2D eigenvalue weighted by Gasteiger charge is -2.10. The molecule has 0 aromatic heterocycles. The number of hydrogen-bond acceptors (Lipinski definition) is 3. The van der Waals surface area contributed by atoms with Gasteiger partial charge in [0.05, 0.1) is 5.56 Å². The van der Waals surface area contributed by atoms with Crippen LogP contribution < -0.4 is 5.73 Å². The smallest absolute Gasteiger partial charge is 0.337 e. The highest BCUT2D eigenvalue weighted by atomic mass is 16.4. The summed E-state index contributed by atoms with van der Waals surface area (Å²) in [7, 11) is 0. The molecule has 0 amide bonds. The average molecular weight is 331 g/mol. The summed E-state index contributed by atoms with van der Waals surface area (Å²) in [5.74, 6) is -1.28. The Balaban J connectivity index is 1.95. The third kappa shape index (κ3) is 3.58. The summed E-state index contributed by atoms with van der Waals surface area (Å²) in [4.78, 5) is 24.0. The van der Waals surface area contributed by atoms with Crippen LogP contribution in [0.3, 0.4) is 0 Å². The molecule has 3 rings (SSSR count). The van der Waals surface area contributed by atoms with Crippen LogP contribution in [0.1, 0.15) is 37.4 Å². The van der Waals surface area contributed by atoms with Gasteiger partial charge in [-0.15, -0.1) is 0 Å². The van der Waals surface area contributed by atoms with E-state index >= 15 is 0 Å². The van der Waals surface area contributed by atoms with Gasteiger partial charge in [0.1, 0.15) is 0 Å². The Morgan fingerprint density at radius 1 is 0.840 bits per heavy atom. The largest absolute Gasteiger partial charge is 0.478 e. The molecule has 0 saturated heterocycles. The first-order valence-corrected chi connectivity index (χ1v) is 7.85. The maximum atomic E-state index is 12.9. The fraction of sp³-hybridized carbons (Fsp3) is 0.0476. The SMILES string of the molecule is Nc1cc(C(=O)c2ccccc2Cc2ccccc2)ccc1C(=O)O. The van der Waals surface area contributed by atoms with E-state index in [0.717, 1.165) is 11.1 Å². The minimum atomic E-state index is -1.11. The average Bonchev–Trinajstić information content (AvgIpc) is 2.62. The van der Waals surface area contributed by atoms with Crippen LogP contribution in [0.2, 0.25) is 0 Å². The number of ketones is 1. The summed E-state index contributed by atoms with van der Waals surface area (Å²) in [6.07, 6.45) is 0.644. The van der Waals surface area contributed by atoms with Gasteiger partial charge < -0.3 is 10.8 Å². The predicted molar refractivity (Wildman–Crippen MR) is 96.9 cm³/mol. The Morgan fingerprint density at radius 2 is 1.52 bits per heavy atom. The molecule has 124 valence electrons. The predicted octanol–water partition coefficient (Wildman–Crippen LogP) is 3.79. The Bertz CT molecular complexity index is 933. The van der Waals surface area contributed by atoms with E-state index in [1.165, 1.54) is 18.2 Å². The zero-order chi connectivity index (χ0) is 17.8. The summed E-state index contributed by atoms with van der Waals surface area (Å²) in [6, 6.07) is 21.6. The first-order valence-electron chi connectivity index (χ1n) is 7.85. The molecule has 4 nitrogen and oxygen atoms in total. The van der Waals surface area contributed by atoms with Gasteiger partial charge in [0.15, 0.2) is 5.78 Å². The Labute approximate surface area is 145 Å². The van der Waals surface area contributed by atoms with Crippen molar-refractivity contribution >= 4 is 17.4 Å². The number of hydrogen-bond donors (Lipinski definition) is 2. The molecular formula is C21H17NO3. The van der Waals surface area contributed by atoms with Crippen molar-refractivity contribution in [1.82, 2.24) is 0 Å². The number of aromatic carboxylic acids is 1. The molecule has 25 heavy (non-hydrogen) atoms. The number of rotatable bonds is 5. The van der Waals surface area contributed by atoms with Gasteiger partial charge in [0, 0.05) is 16.8 Å². The topological polar surface area (TPSA) is 80.4 Å². The number of carboxylic acids is 1. The molecule has 0 atom stereocenters. The van der Waals surface area contributed by atoms with Gasteiger partial charge in [-0.05, 0) is 29.7 Å². The van der Waals surface area contributed by atoms with E-state index in [0.29, 0.717) is 17.5 Å². The number of benzene rings is 3. The molecule has 0 aliphatic carbocycles. The maximum Gasteiger partial charge on any atom is 0.337 e. The lowest BCUT2D eigenvalue weighted by Crippen LogP contribution is -2.09. The molecule has 3 aromatic carbocycles. The molecule has 0 aliphatic rings. The lowest BCUT2D eigenvalue weighted by atomic mass is 9.93. The van der Waals surface area contributed by atoms with E-state index in [1.807, 2.05) is 48.5 Å². The van der Waals surface area contributed by atoms with E-state index in [9.17, 15) is 9.59 Å². The molecular weight excluding hydrogens is 314 g/mol. The highest BCUT2D eigenvalue weighted by Crippen LogP contribution is 2.21. The van der Waals surface area contributed by atoms with E-state index < -0.39 is 5.97 Å². The van der Waals surface area contributed by atoms with Crippen LogP contribution in [-0.2, 0) is 6.42 Å². The third-order valence-corrected chi connectivity index (χ3v) is 4.04. The van der Waals surface area contributed by atoms with Crippen molar-refractivity contribution in [2.24, 2.45) is 0 Å². The Morgan fingerprint density at radius 3 is 2.20 bits per heavy atom. The zero-order valence-electron chi connectivity index (χ0n) is 13.5. The summed E-state index contributed by atoms with van der Waals surface area (Å²) >= 11 is 0. The summed E-state index contributed by atoms with van der Waals surface area (Å²) in [5.41, 5.74) is 8.84. The molecule has 0 heterocycles. The molecule has 3 N–H and O–H groups in total. The second kappa shape index (κ2) is 7.01. The molecule has 0 unspecified atom stereocenters. The van der Waals surface area contributed by atoms with Gasteiger partial charge >= 0.3 is 5.97 Å². The first kappa shape index (κ1) is 16.5. The Hall–Kier alpha value is -3.40. The van der Waals surface area contributed by atoms with Crippen LogP contribution in [0.15, 0.2) is 72.8 Å². The second-order valence-corrected chi connectivity index (χ2v) is 5.76. The summed E-state index contributed by atoms with van der Waals surface area (Å²) in [5, 5.41) is 9.06. The van der Waals surface area contributed by atoms with Gasteiger partial charge in [0.2, 0.25) is 0 Å².